The summed E-state index contributed by atoms with van der Waals surface area (Å²) in [6.07, 6.45) is 1.17. The molecule has 1 aliphatic carbocycles. The van der Waals surface area contributed by atoms with E-state index in [0.29, 0.717) is 11.8 Å². The average Bonchev–Trinajstić information content (AvgIpc) is 3.07. The van der Waals surface area contributed by atoms with E-state index < -0.39 is 0 Å². The van der Waals surface area contributed by atoms with Gasteiger partial charge in [0.1, 0.15) is 0 Å². The van der Waals surface area contributed by atoms with Crippen LogP contribution in [-0.4, -0.2) is 20.8 Å². The Morgan fingerprint density at radius 1 is 1.33 bits per heavy atom. The number of rotatable bonds is 4. The number of benzene rings is 1. The summed E-state index contributed by atoms with van der Waals surface area (Å²) in [4.78, 5) is 0. The second kappa shape index (κ2) is 4.11. The van der Waals surface area contributed by atoms with Crippen LogP contribution in [0, 0.1) is 5.92 Å². The summed E-state index contributed by atoms with van der Waals surface area (Å²) in [7, 11) is 3.34. The van der Waals surface area contributed by atoms with Gasteiger partial charge in [0, 0.05) is 5.56 Å². The highest BCUT2D eigenvalue weighted by atomic mass is 16.5. The quantitative estimate of drug-likeness (QED) is 0.818. The van der Waals surface area contributed by atoms with E-state index in [-0.39, 0.29) is 0 Å². The molecule has 0 amide bonds. The molecule has 2 rings (SSSR count). The molecule has 0 aromatic heterocycles. The summed E-state index contributed by atoms with van der Waals surface area (Å²) in [6.45, 7) is 0.755. The van der Waals surface area contributed by atoms with E-state index >= 15 is 0 Å². The lowest BCUT2D eigenvalue weighted by Gasteiger charge is -2.12. The Morgan fingerprint density at radius 2 is 2.13 bits per heavy atom. The van der Waals surface area contributed by atoms with E-state index in [4.69, 9.17) is 15.2 Å². The lowest BCUT2D eigenvalue weighted by atomic mass is 10.1. The van der Waals surface area contributed by atoms with Gasteiger partial charge in [-0.15, -0.1) is 0 Å². The van der Waals surface area contributed by atoms with Crippen molar-refractivity contribution < 1.29 is 9.47 Å². The predicted octanol–water partition coefficient (Wildman–Crippen LogP) is 1.77. The third-order valence-electron chi connectivity index (χ3n) is 3.06. The Bertz CT molecular complexity index is 351. The minimum Gasteiger partial charge on any atom is -0.493 e. The van der Waals surface area contributed by atoms with Gasteiger partial charge in [0.15, 0.2) is 11.5 Å². The fourth-order valence-electron chi connectivity index (χ4n) is 2.09. The number of ether oxygens (including phenoxy) is 2. The van der Waals surface area contributed by atoms with Crippen LogP contribution in [0.5, 0.6) is 11.5 Å². The standard InChI is InChI=1S/C12H17NO2/c1-14-11-5-3-4-9(12(11)15-2)10-6-8(10)7-13/h3-5,8,10H,6-7,13H2,1-2H3. The Labute approximate surface area is 90.2 Å². The summed E-state index contributed by atoms with van der Waals surface area (Å²) < 4.78 is 10.7. The molecule has 1 fully saturated rings. The Hall–Kier alpha value is -1.22. The maximum atomic E-state index is 5.65. The van der Waals surface area contributed by atoms with Crippen molar-refractivity contribution in [3.8, 4) is 11.5 Å². The largest absolute Gasteiger partial charge is 0.493 e. The first-order valence-corrected chi connectivity index (χ1v) is 5.22. The number of methoxy groups -OCH3 is 2. The van der Waals surface area contributed by atoms with Gasteiger partial charge in [-0.25, -0.2) is 0 Å². The van der Waals surface area contributed by atoms with Crippen LogP contribution in [0.1, 0.15) is 17.9 Å². The topological polar surface area (TPSA) is 44.5 Å². The second-order valence-electron chi connectivity index (χ2n) is 3.92. The fraction of sp³-hybridized carbons (Fsp3) is 0.500. The normalized spacial score (nSPS) is 23.7. The average molecular weight is 207 g/mol. The highest BCUT2D eigenvalue weighted by molar-refractivity contribution is 5.50. The molecule has 0 spiro atoms. The zero-order valence-electron chi connectivity index (χ0n) is 9.19. The van der Waals surface area contributed by atoms with Crippen molar-refractivity contribution in [3.05, 3.63) is 23.8 Å². The van der Waals surface area contributed by atoms with Crippen molar-refractivity contribution >= 4 is 0 Å². The number of nitrogens with two attached hydrogens (primary N) is 1. The SMILES string of the molecule is COc1cccc(C2CC2CN)c1OC. The monoisotopic (exact) mass is 207 g/mol. The van der Waals surface area contributed by atoms with Crippen LogP contribution >= 0.6 is 0 Å². The Morgan fingerprint density at radius 3 is 2.67 bits per heavy atom. The molecular formula is C12H17NO2. The minimum atomic E-state index is 0.556. The molecular weight excluding hydrogens is 190 g/mol. The van der Waals surface area contributed by atoms with Crippen LogP contribution < -0.4 is 15.2 Å². The number of hydrogen-bond donors (Lipinski definition) is 1. The first kappa shape index (κ1) is 10.3. The van der Waals surface area contributed by atoms with Crippen LogP contribution in [0.3, 0.4) is 0 Å². The molecule has 0 bridgehead atoms. The molecule has 2 N–H and O–H groups in total. The van der Waals surface area contributed by atoms with E-state index in [2.05, 4.69) is 6.07 Å². The molecule has 1 aromatic carbocycles. The zero-order chi connectivity index (χ0) is 10.8. The molecule has 1 saturated carbocycles. The molecule has 0 heterocycles. The van der Waals surface area contributed by atoms with Crippen LogP contribution in [0.15, 0.2) is 18.2 Å². The van der Waals surface area contributed by atoms with Crippen molar-refractivity contribution in [1.82, 2.24) is 0 Å². The van der Waals surface area contributed by atoms with Crippen LogP contribution in [0.4, 0.5) is 0 Å². The molecule has 15 heavy (non-hydrogen) atoms. The van der Waals surface area contributed by atoms with E-state index in [9.17, 15) is 0 Å². The summed E-state index contributed by atoms with van der Waals surface area (Å²) in [5.41, 5.74) is 6.88. The van der Waals surface area contributed by atoms with Crippen molar-refractivity contribution in [1.29, 1.82) is 0 Å². The second-order valence-corrected chi connectivity index (χ2v) is 3.92. The molecule has 0 aliphatic heterocycles. The van der Waals surface area contributed by atoms with E-state index in [0.717, 1.165) is 18.0 Å². The highest BCUT2D eigenvalue weighted by Crippen LogP contribution is 2.51. The van der Waals surface area contributed by atoms with Gasteiger partial charge >= 0.3 is 0 Å². The smallest absolute Gasteiger partial charge is 0.164 e. The Kier molecular flexibility index (Phi) is 2.82. The molecule has 0 saturated heterocycles. The molecule has 2 atom stereocenters. The third kappa shape index (κ3) is 1.79. The summed E-state index contributed by atoms with van der Waals surface area (Å²) in [5.74, 6) is 2.84. The number of hydrogen-bond acceptors (Lipinski definition) is 3. The van der Waals surface area contributed by atoms with Crippen molar-refractivity contribution in [3.63, 3.8) is 0 Å². The van der Waals surface area contributed by atoms with Crippen LogP contribution in [0.25, 0.3) is 0 Å². The highest BCUT2D eigenvalue weighted by Gasteiger charge is 2.39. The van der Waals surface area contributed by atoms with Gasteiger partial charge in [-0.3, -0.25) is 0 Å². The van der Waals surface area contributed by atoms with Crippen LogP contribution in [-0.2, 0) is 0 Å². The zero-order valence-corrected chi connectivity index (χ0v) is 9.19. The van der Waals surface area contributed by atoms with Crippen LogP contribution in [0.2, 0.25) is 0 Å². The van der Waals surface area contributed by atoms with Crippen molar-refractivity contribution in [2.45, 2.75) is 12.3 Å². The first-order chi connectivity index (χ1) is 7.31. The Balaban J connectivity index is 2.31. The maximum absolute atomic E-state index is 5.65. The van der Waals surface area contributed by atoms with E-state index in [1.54, 1.807) is 14.2 Å². The molecule has 3 nitrogen and oxygen atoms in total. The molecule has 3 heteroatoms. The summed E-state index contributed by atoms with van der Waals surface area (Å²) in [6, 6.07) is 6.02. The van der Waals surface area contributed by atoms with Gasteiger partial charge in [-0.1, -0.05) is 12.1 Å². The molecule has 0 radical (unpaired) electrons. The molecule has 1 aromatic rings. The van der Waals surface area contributed by atoms with Gasteiger partial charge in [-0.2, -0.15) is 0 Å². The van der Waals surface area contributed by atoms with Crippen molar-refractivity contribution in [2.75, 3.05) is 20.8 Å². The summed E-state index contributed by atoms with van der Waals surface area (Å²) in [5, 5.41) is 0. The van der Waals surface area contributed by atoms with Gasteiger partial charge in [-0.05, 0) is 30.9 Å². The maximum Gasteiger partial charge on any atom is 0.164 e. The molecule has 82 valence electrons. The third-order valence-corrected chi connectivity index (χ3v) is 3.06. The molecule has 2 unspecified atom stereocenters. The van der Waals surface area contributed by atoms with E-state index in [1.807, 2.05) is 12.1 Å². The fourth-order valence-corrected chi connectivity index (χ4v) is 2.09. The predicted molar refractivity (Wildman–Crippen MR) is 59.4 cm³/mol. The lowest BCUT2D eigenvalue weighted by Crippen LogP contribution is -2.03. The van der Waals surface area contributed by atoms with Crippen molar-refractivity contribution in [2.24, 2.45) is 11.7 Å². The van der Waals surface area contributed by atoms with Gasteiger partial charge in [0.05, 0.1) is 14.2 Å². The lowest BCUT2D eigenvalue weighted by molar-refractivity contribution is 0.351. The van der Waals surface area contributed by atoms with Gasteiger partial charge < -0.3 is 15.2 Å². The first-order valence-electron chi connectivity index (χ1n) is 5.22. The number of para-hydroxylation sites is 1. The van der Waals surface area contributed by atoms with Gasteiger partial charge in [0.2, 0.25) is 0 Å². The van der Waals surface area contributed by atoms with E-state index in [1.165, 1.54) is 12.0 Å². The summed E-state index contributed by atoms with van der Waals surface area (Å²) >= 11 is 0. The van der Waals surface area contributed by atoms with Gasteiger partial charge in [0.25, 0.3) is 0 Å². The minimum absolute atomic E-state index is 0.556. The molecule has 1 aliphatic rings.